The Morgan fingerprint density at radius 1 is 1.07 bits per heavy atom. The van der Waals surface area contributed by atoms with Crippen molar-refractivity contribution in [1.82, 2.24) is 29.5 Å². The Morgan fingerprint density at radius 2 is 1.93 bits per heavy atom. The number of rotatable bonds is 6. The van der Waals surface area contributed by atoms with Crippen molar-refractivity contribution in [1.29, 1.82) is 0 Å². The van der Waals surface area contributed by atoms with Gasteiger partial charge in [-0.3, -0.25) is 9.36 Å². The summed E-state index contributed by atoms with van der Waals surface area (Å²) in [6.45, 7) is 0. The average Bonchev–Trinajstić information content (AvgIpc) is 3.36. The predicted molar refractivity (Wildman–Crippen MR) is 111 cm³/mol. The molecule has 0 saturated heterocycles. The summed E-state index contributed by atoms with van der Waals surface area (Å²) < 4.78 is 8.78. The molecule has 0 radical (unpaired) electrons. The van der Waals surface area contributed by atoms with E-state index in [1.807, 2.05) is 50.6 Å². The molecule has 0 aromatic carbocycles. The van der Waals surface area contributed by atoms with Gasteiger partial charge in [0.25, 0.3) is 0 Å². The van der Waals surface area contributed by atoms with E-state index in [1.54, 1.807) is 16.5 Å². The molecule has 0 atom stereocenters. The number of aromatic nitrogens is 6. The van der Waals surface area contributed by atoms with E-state index in [0.717, 1.165) is 39.7 Å². The number of fused-ring (bicyclic) bond motifs is 1. The van der Waals surface area contributed by atoms with Gasteiger partial charge >= 0.3 is 0 Å². The van der Waals surface area contributed by atoms with Crippen molar-refractivity contribution in [3.05, 3.63) is 36.5 Å². The maximum Gasteiger partial charge on any atom is 0.213 e. The monoisotopic (exact) mass is 390 g/mol. The number of methoxy groups -OCH3 is 1. The van der Waals surface area contributed by atoms with E-state index in [-0.39, 0.29) is 0 Å². The van der Waals surface area contributed by atoms with Crippen LogP contribution in [0.15, 0.2) is 36.5 Å². The molecule has 0 unspecified atom stereocenters. The van der Waals surface area contributed by atoms with E-state index >= 15 is 0 Å². The van der Waals surface area contributed by atoms with Crippen LogP contribution in [0, 0.1) is 0 Å². The van der Waals surface area contributed by atoms with E-state index in [9.17, 15) is 0 Å². The van der Waals surface area contributed by atoms with Crippen LogP contribution < -0.4 is 15.4 Å². The van der Waals surface area contributed by atoms with E-state index in [0.29, 0.717) is 11.9 Å². The number of hydrogen-bond donors (Lipinski definition) is 2. The zero-order valence-electron chi connectivity index (χ0n) is 16.5. The summed E-state index contributed by atoms with van der Waals surface area (Å²) in [5.74, 6) is 2.11. The van der Waals surface area contributed by atoms with Gasteiger partial charge in [-0.15, -0.1) is 0 Å². The van der Waals surface area contributed by atoms with Crippen molar-refractivity contribution >= 4 is 28.4 Å². The number of hydrogen-bond acceptors (Lipinski definition) is 7. The maximum atomic E-state index is 5.22. The molecule has 0 spiro atoms. The Morgan fingerprint density at radius 3 is 2.72 bits per heavy atom. The summed E-state index contributed by atoms with van der Waals surface area (Å²) in [6.07, 6.45) is 4.25. The summed E-state index contributed by atoms with van der Waals surface area (Å²) in [7, 11) is 5.39. The number of ether oxygens (including phenoxy) is 1. The maximum absolute atomic E-state index is 5.22. The molecular weight excluding hydrogens is 368 g/mol. The Hall–Kier alpha value is -3.62. The third kappa shape index (κ3) is 3.35. The van der Waals surface area contributed by atoms with E-state index in [1.165, 1.54) is 12.8 Å². The van der Waals surface area contributed by atoms with Crippen molar-refractivity contribution in [2.45, 2.75) is 18.9 Å². The third-order valence-electron chi connectivity index (χ3n) is 4.97. The first kappa shape index (κ1) is 17.5. The summed E-state index contributed by atoms with van der Waals surface area (Å²) in [5, 5.41) is 16.9. The first-order valence-electron chi connectivity index (χ1n) is 9.52. The lowest BCUT2D eigenvalue weighted by Gasteiger charge is -2.11. The van der Waals surface area contributed by atoms with Gasteiger partial charge in [-0.1, -0.05) is 6.07 Å². The molecule has 0 aliphatic heterocycles. The van der Waals surface area contributed by atoms with Gasteiger partial charge in [-0.05, 0) is 18.9 Å². The van der Waals surface area contributed by atoms with Gasteiger partial charge in [0.1, 0.15) is 17.3 Å². The third-order valence-corrected chi connectivity index (χ3v) is 4.97. The van der Waals surface area contributed by atoms with Gasteiger partial charge < -0.3 is 15.4 Å². The molecule has 5 rings (SSSR count). The smallest absolute Gasteiger partial charge is 0.213 e. The fourth-order valence-corrected chi connectivity index (χ4v) is 3.26. The van der Waals surface area contributed by atoms with Crippen molar-refractivity contribution in [2.24, 2.45) is 14.1 Å². The minimum absolute atomic E-state index is 0.538. The van der Waals surface area contributed by atoms with Crippen LogP contribution in [-0.4, -0.2) is 42.7 Å². The second-order valence-electron chi connectivity index (χ2n) is 7.21. The van der Waals surface area contributed by atoms with Gasteiger partial charge in [-0.25, -0.2) is 9.97 Å². The fraction of sp³-hybridized carbons (Fsp3) is 0.300. The summed E-state index contributed by atoms with van der Waals surface area (Å²) in [5.41, 5.74) is 3.38. The molecule has 1 fully saturated rings. The molecule has 1 aliphatic carbocycles. The van der Waals surface area contributed by atoms with Crippen molar-refractivity contribution in [3.63, 3.8) is 0 Å². The Labute approximate surface area is 167 Å². The average molecular weight is 390 g/mol. The quantitative estimate of drug-likeness (QED) is 0.522. The number of anilines is 3. The summed E-state index contributed by atoms with van der Waals surface area (Å²) in [4.78, 5) is 9.20. The van der Waals surface area contributed by atoms with E-state index in [4.69, 9.17) is 9.72 Å². The van der Waals surface area contributed by atoms with Crippen LogP contribution in [0.3, 0.4) is 0 Å². The van der Waals surface area contributed by atoms with Crippen LogP contribution in [0.25, 0.3) is 22.4 Å². The van der Waals surface area contributed by atoms with Crippen LogP contribution in [-0.2, 0) is 14.1 Å². The van der Waals surface area contributed by atoms with Gasteiger partial charge in [0, 0.05) is 38.3 Å². The second kappa shape index (κ2) is 6.77. The highest BCUT2D eigenvalue weighted by Gasteiger charge is 2.23. The minimum Gasteiger partial charge on any atom is -0.481 e. The van der Waals surface area contributed by atoms with E-state index in [2.05, 4.69) is 25.8 Å². The molecule has 9 heteroatoms. The molecule has 0 amide bonds. The highest BCUT2D eigenvalue weighted by Crippen LogP contribution is 2.32. The standard InChI is InChI=1S/C20H22N8O/c1-27-18(10-16(26-27)14-5-4-6-19(23-14)29-3)24-17-9-15(22-12-7-8-12)13-11-21-28(2)20(13)25-17/h4-6,9-12H,7-8H2,1-3H3,(H2,22,24,25). The molecule has 2 N–H and O–H groups in total. The van der Waals surface area contributed by atoms with Crippen LogP contribution in [0.4, 0.5) is 17.3 Å². The molecule has 148 valence electrons. The molecule has 29 heavy (non-hydrogen) atoms. The van der Waals surface area contributed by atoms with E-state index < -0.39 is 0 Å². The second-order valence-corrected chi connectivity index (χ2v) is 7.21. The molecule has 4 heterocycles. The Bertz CT molecular complexity index is 1190. The zero-order valence-corrected chi connectivity index (χ0v) is 16.5. The lowest BCUT2D eigenvalue weighted by atomic mass is 10.2. The molecule has 9 nitrogen and oxygen atoms in total. The summed E-state index contributed by atoms with van der Waals surface area (Å²) >= 11 is 0. The molecule has 0 bridgehead atoms. The Kier molecular flexibility index (Phi) is 4.08. The predicted octanol–water partition coefficient (Wildman–Crippen LogP) is 3.09. The fourth-order valence-electron chi connectivity index (χ4n) is 3.26. The first-order chi connectivity index (χ1) is 14.1. The highest BCUT2D eigenvalue weighted by atomic mass is 16.5. The van der Waals surface area contributed by atoms with Crippen molar-refractivity contribution in [3.8, 4) is 17.3 Å². The summed E-state index contributed by atoms with van der Waals surface area (Å²) in [6, 6.07) is 10.1. The molecule has 1 aliphatic rings. The number of pyridine rings is 2. The number of nitrogens with zero attached hydrogens (tertiary/aromatic N) is 6. The van der Waals surface area contributed by atoms with Crippen molar-refractivity contribution in [2.75, 3.05) is 17.7 Å². The van der Waals surface area contributed by atoms with Crippen LogP contribution in [0.5, 0.6) is 5.88 Å². The largest absolute Gasteiger partial charge is 0.481 e. The number of aryl methyl sites for hydroxylation is 2. The van der Waals surface area contributed by atoms with Gasteiger partial charge in [0.2, 0.25) is 5.88 Å². The molecular formula is C20H22N8O. The Balaban J connectivity index is 1.49. The molecule has 4 aromatic rings. The SMILES string of the molecule is COc1cccc(-c2cc(Nc3cc(NC4CC4)c4cnn(C)c4n3)n(C)n2)n1. The minimum atomic E-state index is 0.538. The van der Waals surface area contributed by atoms with Gasteiger partial charge in [0.05, 0.1) is 30.1 Å². The van der Waals surface area contributed by atoms with Gasteiger partial charge in [0.15, 0.2) is 5.65 Å². The number of nitrogens with one attached hydrogen (secondary N) is 2. The van der Waals surface area contributed by atoms with Gasteiger partial charge in [-0.2, -0.15) is 10.2 Å². The lowest BCUT2D eigenvalue weighted by molar-refractivity contribution is 0.398. The normalized spacial score (nSPS) is 13.6. The van der Waals surface area contributed by atoms with Crippen LogP contribution in [0.1, 0.15) is 12.8 Å². The topological polar surface area (TPSA) is 94.7 Å². The molecule has 1 saturated carbocycles. The highest BCUT2D eigenvalue weighted by molar-refractivity contribution is 5.91. The lowest BCUT2D eigenvalue weighted by Crippen LogP contribution is -2.05. The zero-order chi connectivity index (χ0) is 20.0. The first-order valence-corrected chi connectivity index (χ1v) is 9.52. The van der Waals surface area contributed by atoms with Crippen LogP contribution in [0.2, 0.25) is 0 Å². The van der Waals surface area contributed by atoms with Crippen LogP contribution >= 0.6 is 0 Å². The molecule has 4 aromatic heterocycles. The van der Waals surface area contributed by atoms with Crippen molar-refractivity contribution < 1.29 is 4.74 Å².